The van der Waals surface area contributed by atoms with Gasteiger partial charge in [-0.2, -0.15) is 5.10 Å². The Balaban J connectivity index is 2.03. The molecular formula is C14H25N5. The molecule has 1 aliphatic rings. The second-order valence-electron chi connectivity index (χ2n) is 5.56. The van der Waals surface area contributed by atoms with E-state index in [1.54, 1.807) is 0 Å². The van der Waals surface area contributed by atoms with Gasteiger partial charge in [-0.05, 0) is 46.2 Å². The standard InChI is InChI=1S/C14H25N5/c1-5-11-12(6-2)17-18-13(16-11)15-10-14(19(3)4)8-7-9-14/h5-10H2,1-4H3,(H,15,16,18). The highest BCUT2D eigenvalue weighted by Crippen LogP contribution is 2.35. The van der Waals surface area contributed by atoms with Crippen molar-refractivity contribution < 1.29 is 0 Å². The van der Waals surface area contributed by atoms with E-state index >= 15 is 0 Å². The smallest absolute Gasteiger partial charge is 0.243 e. The Morgan fingerprint density at radius 2 is 1.79 bits per heavy atom. The maximum absolute atomic E-state index is 4.58. The maximum Gasteiger partial charge on any atom is 0.243 e. The first-order valence-electron chi connectivity index (χ1n) is 7.25. The topological polar surface area (TPSA) is 53.9 Å². The first kappa shape index (κ1) is 14.2. The van der Waals surface area contributed by atoms with Gasteiger partial charge in [0.2, 0.25) is 5.95 Å². The van der Waals surface area contributed by atoms with Crippen LogP contribution in [0.15, 0.2) is 0 Å². The monoisotopic (exact) mass is 263 g/mol. The van der Waals surface area contributed by atoms with E-state index in [0.29, 0.717) is 5.95 Å². The number of rotatable bonds is 6. The molecule has 1 aromatic heterocycles. The lowest BCUT2D eigenvalue weighted by molar-refractivity contribution is 0.0737. The van der Waals surface area contributed by atoms with Gasteiger partial charge in [-0.1, -0.05) is 13.8 Å². The second-order valence-corrected chi connectivity index (χ2v) is 5.56. The van der Waals surface area contributed by atoms with Crippen LogP contribution in [-0.4, -0.2) is 46.3 Å². The lowest BCUT2D eigenvalue weighted by Crippen LogP contribution is -2.54. The number of likely N-dealkylation sites (N-methyl/N-ethyl adjacent to an activating group) is 1. The molecule has 1 aliphatic carbocycles. The molecule has 106 valence electrons. The van der Waals surface area contributed by atoms with Crippen molar-refractivity contribution in [3.8, 4) is 0 Å². The summed E-state index contributed by atoms with van der Waals surface area (Å²) in [7, 11) is 4.30. The minimum atomic E-state index is 0.277. The van der Waals surface area contributed by atoms with Crippen LogP contribution in [-0.2, 0) is 12.8 Å². The molecule has 0 radical (unpaired) electrons. The third-order valence-corrected chi connectivity index (χ3v) is 4.32. The van der Waals surface area contributed by atoms with Gasteiger partial charge in [-0.3, -0.25) is 0 Å². The number of anilines is 1. The molecule has 1 aromatic rings. The van der Waals surface area contributed by atoms with Crippen LogP contribution in [0.3, 0.4) is 0 Å². The Labute approximate surface area is 115 Å². The van der Waals surface area contributed by atoms with Crippen LogP contribution in [0.5, 0.6) is 0 Å². The predicted molar refractivity (Wildman–Crippen MR) is 77.3 cm³/mol. The van der Waals surface area contributed by atoms with Gasteiger partial charge in [0, 0.05) is 12.1 Å². The van der Waals surface area contributed by atoms with E-state index in [4.69, 9.17) is 0 Å². The molecule has 1 saturated carbocycles. The summed E-state index contributed by atoms with van der Waals surface area (Å²) in [5.74, 6) is 0.669. The largest absolute Gasteiger partial charge is 0.351 e. The van der Waals surface area contributed by atoms with Crippen molar-refractivity contribution in [2.45, 2.75) is 51.5 Å². The molecule has 0 unspecified atom stereocenters. The quantitative estimate of drug-likeness (QED) is 0.849. The summed E-state index contributed by atoms with van der Waals surface area (Å²) in [5, 5.41) is 11.8. The van der Waals surface area contributed by atoms with Crippen LogP contribution in [0, 0.1) is 0 Å². The molecule has 5 heteroatoms. The van der Waals surface area contributed by atoms with Gasteiger partial charge in [0.05, 0.1) is 11.4 Å². The van der Waals surface area contributed by atoms with Crippen molar-refractivity contribution in [1.29, 1.82) is 0 Å². The summed E-state index contributed by atoms with van der Waals surface area (Å²) in [6.45, 7) is 5.10. The highest BCUT2D eigenvalue weighted by Gasteiger charge is 2.38. The minimum Gasteiger partial charge on any atom is -0.351 e. The fourth-order valence-corrected chi connectivity index (χ4v) is 2.62. The van der Waals surface area contributed by atoms with Gasteiger partial charge in [-0.15, -0.1) is 5.10 Å². The van der Waals surface area contributed by atoms with Gasteiger partial charge in [-0.25, -0.2) is 4.98 Å². The van der Waals surface area contributed by atoms with Crippen LogP contribution in [0.25, 0.3) is 0 Å². The molecule has 5 nitrogen and oxygen atoms in total. The van der Waals surface area contributed by atoms with E-state index in [2.05, 4.69) is 53.3 Å². The summed E-state index contributed by atoms with van der Waals surface area (Å²) in [6, 6.07) is 0. The molecular weight excluding hydrogens is 238 g/mol. The van der Waals surface area contributed by atoms with Crippen LogP contribution in [0.2, 0.25) is 0 Å². The van der Waals surface area contributed by atoms with E-state index < -0.39 is 0 Å². The van der Waals surface area contributed by atoms with Gasteiger partial charge in [0.25, 0.3) is 0 Å². The third kappa shape index (κ3) is 2.86. The maximum atomic E-state index is 4.58. The molecule has 0 spiro atoms. The highest BCUT2D eigenvalue weighted by molar-refractivity contribution is 5.27. The molecule has 1 fully saturated rings. The second kappa shape index (κ2) is 5.82. The lowest BCUT2D eigenvalue weighted by atomic mass is 9.75. The normalized spacial score (nSPS) is 17.3. The first-order valence-corrected chi connectivity index (χ1v) is 7.25. The van der Waals surface area contributed by atoms with E-state index in [1.807, 2.05) is 0 Å². The SMILES string of the molecule is CCc1nnc(NCC2(N(C)C)CCC2)nc1CC. The fourth-order valence-electron chi connectivity index (χ4n) is 2.62. The molecule has 2 rings (SSSR count). The Bertz CT molecular complexity index is 426. The molecule has 0 atom stereocenters. The van der Waals surface area contributed by atoms with Crippen LogP contribution in [0.4, 0.5) is 5.95 Å². The number of aromatic nitrogens is 3. The molecule has 1 heterocycles. The van der Waals surface area contributed by atoms with Crippen molar-refractivity contribution in [3.05, 3.63) is 11.4 Å². The zero-order chi connectivity index (χ0) is 13.9. The summed E-state index contributed by atoms with van der Waals surface area (Å²) < 4.78 is 0. The van der Waals surface area contributed by atoms with E-state index in [1.165, 1.54) is 19.3 Å². The van der Waals surface area contributed by atoms with Gasteiger partial charge < -0.3 is 10.2 Å². The van der Waals surface area contributed by atoms with Crippen LogP contribution >= 0.6 is 0 Å². The van der Waals surface area contributed by atoms with E-state index in [9.17, 15) is 0 Å². The predicted octanol–water partition coefficient (Wildman–Crippen LogP) is 1.89. The summed E-state index contributed by atoms with van der Waals surface area (Å²) in [6.07, 6.45) is 5.60. The zero-order valence-corrected chi connectivity index (χ0v) is 12.5. The Morgan fingerprint density at radius 1 is 1.11 bits per heavy atom. The Morgan fingerprint density at radius 3 is 2.26 bits per heavy atom. The van der Waals surface area contributed by atoms with Gasteiger partial charge in [0.15, 0.2) is 0 Å². The van der Waals surface area contributed by atoms with Crippen molar-refractivity contribution in [3.63, 3.8) is 0 Å². The molecule has 0 aromatic carbocycles. The fraction of sp³-hybridized carbons (Fsp3) is 0.786. The van der Waals surface area contributed by atoms with Gasteiger partial charge >= 0.3 is 0 Å². The molecule has 19 heavy (non-hydrogen) atoms. The zero-order valence-electron chi connectivity index (χ0n) is 12.5. The summed E-state index contributed by atoms with van der Waals surface area (Å²) >= 11 is 0. The number of aryl methyl sites for hydroxylation is 2. The number of nitrogens with one attached hydrogen (secondary N) is 1. The summed E-state index contributed by atoms with van der Waals surface area (Å²) in [5.41, 5.74) is 2.35. The van der Waals surface area contributed by atoms with Gasteiger partial charge in [0.1, 0.15) is 0 Å². The van der Waals surface area contributed by atoms with Crippen LogP contribution < -0.4 is 5.32 Å². The minimum absolute atomic E-state index is 0.277. The molecule has 0 amide bonds. The first-order chi connectivity index (χ1) is 9.11. The van der Waals surface area contributed by atoms with Crippen molar-refractivity contribution in [1.82, 2.24) is 20.1 Å². The molecule has 1 N–H and O–H groups in total. The molecule has 0 bridgehead atoms. The lowest BCUT2D eigenvalue weighted by Gasteiger charge is -2.47. The highest BCUT2D eigenvalue weighted by atomic mass is 15.3. The Kier molecular flexibility index (Phi) is 4.34. The molecule has 0 aliphatic heterocycles. The van der Waals surface area contributed by atoms with E-state index in [-0.39, 0.29) is 5.54 Å². The summed E-state index contributed by atoms with van der Waals surface area (Å²) in [4.78, 5) is 6.90. The molecule has 0 saturated heterocycles. The average molecular weight is 263 g/mol. The number of hydrogen-bond acceptors (Lipinski definition) is 5. The van der Waals surface area contributed by atoms with Crippen LogP contribution in [0.1, 0.15) is 44.5 Å². The van der Waals surface area contributed by atoms with Crippen molar-refractivity contribution in [2.75, 3.05) is 26.0 Å². The Hall–Kier alpha value is -1.23. The third-order valence-electron chi connectivity index (χ3n) is 4.32. The number of hydrogen-bond donors (Lipinski definition) is 1. The number of nitrogens with zero attached hydrogens (tertiary/aromatic N) is 4. The van der Waals surface area contributed by atoms with E-state index in [0.717, 1.165) is 30.8 Å². The average Bonchev–Trinajstić information content (AvgIpc) is 2.36. The van der Waals surface area contributed by atoms with Crippen molar-refractivity contribution >= 4 is 5.95 Å². The van der Waals surface area contributed by atoms with Crippen molar-refractivity contribution in [2.24, 2.45) is 0 Å².